The van der Waals surface area contributed by atoms with Crippen molar-refractivity contribution in [3.8, 4) is 0 Å². The molecule has 3 nitrogen and oxygen atoms in total. The van der Waals surface area contributed by atoms with Crippen molar-refractivity contribution in [1.29, 1.82) is 0 Å². The highest BCUT2D eigenvalue weighted by molar-refractivity contribution is 4.72. The fourth-order valence-corrected chi connectivity index (χ4v) is 1.94. The molecule has 0 aliphatic carbocycles. The largest absolute Gasteiger partial charge is 0.380 e. The molecule has 1 fully saturated rings. The molecule has 0 saturated carbocycles. The lowest BCUT2D eigenvalue weighted by molar-refractivity contribution is 0.101. The van der Waals surface area contributed by atoms with E-state index in [4.69, 9.17) is 4.74 Å². The van der Waals surface area contributed by atoms with Gasteiger partial charge in [0.15, 0.2) is 0 Å². The molecule has 1 aliphatic rings. The highest BCUT2D eigenvalue weighted by Crippen LogP contribution is 2.00. The van der Waals surface area contributed by atoms with Gasteiger partial charge in [0, 0.05) is 25.7 Å². The van der Waals surface area contributed by atoms with Crippen LogP contribution in [-0.2, 0) is 4.74 Å². The van der Waals surface area contributed by atoms with Crippen molar-refractivity contribution in [3.05, 3.63) is 0 Å². The summed E-state index contributed by atoms with van der Waals surface area (Å²) in [6.07, 6.45) is 3.68. The van der Waals surface area contributed by atoms with E-state index in [1.807, 2.05) is 0 Å². The second kappa shape index (κ2) is 8.08. The number of hydrogen-bond donors (Lipinski definition) is 1. The molecule has 1 rings (SSSR count). The second-order valence-electron chi connectivity index (χ2n) is 4.48. The number of rotatable bonds is 6. The van der Waals surface area contributed by atoms with Crippen molar-refractivity contribution in [2.45, 2.75) is 39.2 Å². The van der Waals surface area contributed by atoms with E-state index in [-0.39, 0.29) is 0 Å². The average molecular weight is 214 g/mol. The smallest absolute Gasteiger partial charge is 0.0593 e. The molecular weight excluding hydrogens is 188 g/mol. The van der Waals surface area contributed by atoms with Gasteiger partial charge >= 0.3 is 0 Å². The molecule has 90 valence electrons. The maximum Gasteiger partial charge on any atom is 0.0593 e. The Balaban J connectivity index is 2.03. The SMILES string of the molecule is CCCCOCCN1CCCNC(C)C1. The highest BCUT2D eigenvalue weighted by Gasteiger charge is 2.12. The maximum atomic E-state index is 5.59. The lowest BCUT2D eigenvalue weighted by Crippen LogP contribution is -2.36. The molecule has 0 amide bonds. The van der Waals surface area contributed by atoms with Crippen LogP contribution in [0.25, 0.3) is 0 Å². The Hall–Kier alpha value is -0.120. The molecular formula is C12H26N2O. The van der Waals surface area contributed by atoms with Crippen molar-refractivity contribution in [2.75, 3.05) is 39.4 Å². The quantitative estimate of drug-likeness (QED) is 0.678. The molecule has 0 spiro atoms. The fraction of sp³-hybridized carbons (Fsp3) is 1.00. The van der Waals surface area contributed by atoms with Crippen LogP contribution in [0.1, 0.15) is 33.1 Å². The van der Waals surface area contributed by atoms with Gasteiger partial charge in [-0.2, -0.15) is 0 Å². The Kier molecular flexibility index (Phi) is 6.98. The fourth-order valence-electron chi connectivity index (χ4n) is 1.94. The predicted octanol–water partition coefficient (Wildman–Crippen LogP) is 1.49. The molecule has 15 heavy (non-hydrogen) atoms. The van der Waals surface area contributed by atoms with Crippen LogP contribution < -0.4 is 5.32 Å². The van der Waals surface area contributed by atoms with Gasteiger partial charge < -0.3 is 10.1 Å². The van der Waals surface area contributed by atoms with Gasteiger partial charge in [0.1, 0.15) is 0 Å². The third kappa shape index (κ3) is 6.13. The molecule has 0 aromatic heterocycles. The summed E-state index contributed by atoms with van der Waals surface area (Å²) in [7, 11) is 0. The topological polar surface area (TPSA) is 24.5 Å². The molecule has 1 saturated heterocycles. The van der Waals surface area contributed by atoms with Gasteiger partial charge in [0.2, 0.25) is 0 Å². The Morgan fingerprint density at radius 2 is 2.27 bits per heavy atom. The zero-order valence-electron chi connectivity index (χ0n) is 10.3. The summed E-state index contributed by atoms with van der Waals surface area (Å²) in [5.41, 5.74) is 0. The zero-order valence-corrected chi connectivity index (χ0v) is 10.3. The summed E-state index contributed by atoms with van der Waals surface area (Å²) in [6, 6.07) is 0.628. The first-order valence-electron chi connectivity index (χ1n) is 6.36. The van der Waals surface area contributed by atoms with E-state index in [1.54, 1.807) is 0 Å². The average Bonchev–Trinajstić information content (AvgIpc) is 2.43. The van der Waals surface area contributed by atoms with Crippen molar-refractivity contribution in [3.63, 3.8) is 0 Å². The van der Waals surface area contributed by atoms with Crippen molar-refractivity contribution >= 4 is 0 Å². The van der Waals surface area contributed by atoms with E-state index >= 15 is 0 Å². The van der Waals surface area contributed by atoms with Gasteiger partial charge in [-0.3, -0.25) is 4.90 Å². The predicted molar refractivity (Wildman–Crippen MR) is 64.2 cm³/mol. The number of ether oxygens (including phenoxy) is 1. The van der Waals surface area contributed by atoms with E-state index in [0.29, 0.717) is 6.04 Å². The second-order valence-corrected chi connectivity index (χ2v) is 4.48. The summed E-state index contributed by atoms with van der Waals surface area (Å²) in [4.78, 5) is 2.51. The van der Waals surface area contributed by atoms with Gasteiger partial charge in [-0.15, -0.1) is 0 Å². The summed E-state index contributed by atoms with van der Waals surface area (Å²) in [6.45, 7) is 10.9. The van der Waals surface area contributed by atoms with Gasteiger partial charge in [-0.05, 0) is 32.9 Å². The molecule has 3 heteroatoms. The van der Waals surface area contributed by atoms with Gasteiger partial charge in [0.05, 0.1) is 6.61 Å². The van der Waals surface area contributed by atoms with Crippen LogP contribution in [0.15, 0.2) is 0 Å². The molecule has 0 aromatic rings. The lowest BCUT2D eigenvalue weighted by Gasteiger charge is -2.21. The molecule has 0 bridgehead atoms. The first kappa shape index (κ1) is 12.9. The van der Waals surface area contributed by atoms with Crippen molar-refractivity contribution < 1.29 is 4.74 Å². The molecule has 1 N–H and O–H groups in total. The maximum absolute atomic E-state index is 5.59. The van der Waals surface area contributed by atoms with Crippen LogP contribution in [0.5, 0.6) is 0 Å². The number of unbranched alkanes of at least 4 members (excludes halogenated alkanes) is 1. The Morgan fingerprint density at radius 3 is 3.07 bits per heavy atom. The Morgan fingerprint density at radius 1 is 1.40 bits per heavy atom. The van der Waals surface area contributed by atoms with Crippen LogP contribution in [0, 0.1) is 0 Å². The molecule has 1 atom stereocenters. The highest BCUT2D eigenvalue weighted by atomic mass is 16.5. The molecule has 0 radical (unpaired) electrons. The van der Waals surface area contributed by atoms with E-state index in [9.17, 15) is 0 Å². The van der Waals surface area contributed by atoms with Crippen LogP contribution >= 0.6 is 0 Å². The van der Waals surface area contributed by atoms with Crippen molar-refractivity contribution in [2.24, 2.45) is 0 Å². The number of nitrogens with one attached hydrogen (secondary N) is 1. The number of hydrogen-bond acceptors (Lipinski definition) is 3. The van der Waals surface area contributed by atoms with E-state index < -0.39 is 0 Å². The van der Waals surface area contributed by atoms with E-state index in [0.717, 1.165) is 32.8 Å². The van der Waals surface area contributed by atoms with Crippen molar-refractivity contribution in [1.82, 2.24) is 10.2 Å². The molecule has 1 heterocycles. The summed E-state index contributed by atoms with van der Waals surface area (Å²) in [5, 5.41) is 3.50. The van der Waals surface area contributed by atoms with Crippen LogP contribution in [-0.4, -0.2) is 50.3 Å². The van der Waals surface area contributed by atoms with E-state index in [1.165, 1.54) is 25.8 Å². The summed E-state index contributed by atoms with van der Waals surface area (Å²) < 4.78 is 5.59. The molecule has 1 aliphatic heterocycles. The standard InChI is InChI=1S/C12H26N2O/c1-3-4-9-15-10-8-14-7-5-6-13-12(2)11-14/h12-13H,3-11H2,1-2H3. The first-order valence-corrected chi connectivity index (χ1v) is 6.36. The van der Waals surface area contributed by atoms with Crippen LogP contribution in [0.4, 0.5) is 0 Å². The molecule has 0 aromatic carbocycles. The van der Waals surface area contributed by atoms with Crippen LogP contribution in [0.3, 0.4) is 0 Å². The van der Waals surface area contributed by atoms with Crippen LogP contribution in [0.2, 0.25) is 0 Å². The van der Waals surface area contributed by atoms with Gasteiger partial charge in [-0.1, -0.05) is 13.3 Å². The molecule has 1 unspecified atom stereocenters. The minimum atomic E-state index is 0.628. The zero-order chi connectivity index (χ0) is 10.9. The number of nitrogens with zero attached hydrogens (tertiary/aromatic N) is 1. The van der Waals surface area contributed by atoms with Gasteiger partial charge in [0.25, 0.3) is 0 Å². The minimum Gasteiger partial charge on any atom is -0.380 e. The third-order valence-corrected chi connectivity index (χ3v) is 2.87. The first-order chi connectivity index (χ1) is 7.33. The van der Waals surface area contributed by atoms with Gasteiger partial charge in [-0.25, -0.2) is 0 Å². The normalized spacial score (nSPS) is 24.0. The Labute approximate surface area is 94.2 Å². The van der Waals surface area contributed by atoms with E-state index in [2.05, 4.69) is 24.1 Å². The summed E-state index contributed by atoms with van der Waals surface area (Å²) in [5.74, 6) is 0. The minimum absolute atomic E-state index is 0.628. The Bertz CT molecular complexity index is 153. The summed E-state index contributed by atoms with van der Waals surface area (Å²) >= 11 is 0. The monoisotopic (exact) mass is 214 g/mol. The lowest BCUT2D eigenvalue weighted by atomic mass is 10.3. The third-order valence-electron chi connectivity index (χ3n) is 2.87.